The molecule has 0 radical (unpaired) electrons. The summed E-state index contributed by atoms with van der Waals surface area (Å²) >= 11 is 0. The van der Waals surface area contributed by atoms with E-state index < -0.39 is 18.0 Å². The van der Waals surface area contributed by atoms with Crippen molar-refractivity contribution in [3.63, 3.8) is 0 Å². The van der Waals surface area contributed by atoms with Crippen LogP contribution in [0.1, 0.15) is 18.2 Å². The molecule has 2 rings (SSSR count). The van der Waals surface area contributed by atoms with Gasteiger partial charge in [0.2, 0.25) is 0 Å². The standard InChI is InChI=1S/C17H14N2O4/c1-12(23-16(20)9-8-15-3-2-10-22-15)17(21)19-14-6-4-13(11-18)5-7-14/h2-10,12H,1H3,(H,19,21)/b9-8+/t12-/m0/s1. The summed E-state index contributed by atoms with van der Waals surface area (Å²) in [6.07, 6.45) is 3.16. The zero-order valence-corrected chi connectivity index (χ0v) is 12.4. The van der Waals surface area contributed by atoms with E-state index in [9.17, 15) is 9.59 Å². The molecule has 1 N–H and O–H groups in total. The second kappa shape index (κ2) is 7.61. The maximum atomic E-state index is 11.9. The van der Waals surface area contributed by atoms with Crippen molar-refractivity contribution in [3.8, 4) is 6.07 Å². The summed E-state index contributed by atoms with van der Waals surface area (Å²) in [6, 6.07) is 11.7. The zero-order valence-electron chi connectivity index (χ0n) is 12.4. The Morgan fingerprint density at radius 1 is 1.30 bits per heavy atom. The molecule has 0 aliphatic heterocycles. The Hall–Kier alpha value is -3.33. The van der Waals surface area contributed by atoms with Crippen LogP contribution >= 0.6 is 0 Å². The van der Waals surface area contributed by atoms with E-state index in [0.29, 0.717) is 17.0 Å². The smallest absolute Gasteiger partial charge is 0.331 e. The first-order valence-corrected chi connectivity index (χ1v) is 6.81. The molecule has 0 aliphatic carbocycles. The molecule has 0 fully saturated rings. The number of anilines is 1. The Labute approximate surface area is 133 Å². The Morgan fingerprint density at radius 2 is 2.04 bits per heavy atom. The van der Waals surface area contributed by atoms with Gasteiger partial charge in [-0.2, -0.15) is 5.26 Å². The van der Waals surface area contributed by atoms with Crippen molar-refractivity contribution in [1.29, 1.82) is 5.26 Å². The number of benzene rings is 1. The van der Waals surface area contributed by atoms with Crippen LogP contribution in [0.25, 0.3) is 6.08 Å². The molecule has 6 heteroatoms. The summed E-state index contributed by atoms with van der Waals surface area (Å²) in [7, 11) is 0. The van der Waals surface area contributed by atoms with Crippen LogP contribution in [0.15, 0.2) is 53.2 Å². The molecule has 23 heavy (non-hydrogen) atoms. The van der Waals surface area contributed by atoms with Gasteiger partial charge in [-0.25, -0.2) is 4.79 Å². The topological polar surface area (TPSA) is 92.3 Å². The maximum absolute atomic E-state index is 11.9. The van der Waals surface area contributed by atoms with E-state index in [1.54, 1.807) is 36.4 Å². The highest BCUT2D eigenvalue weighted by molar-refractivity contribution is 5.96. The highest BCUT2D eigenvalue weighted by Crippen LogP contribution is 2.10. The molecule has 1 heterocycles. The van der Waals surface area contributed by atoms with E-state index in [4.69, 9.17) is 14.4 Å². The normalized spacial score (nSPS) is 11.7. The molecular formula is C17H14N2O4. The van der Waals surface area contributed by atoms with Gasteiger partial charge in [0, 0.05) is 11.8 Å². The van der Waals surface area contributed by atoms with Crippen LogP contribution in [0.3, 0.4) is 0 Å². The quantitative estimate of drug-likeness (QED) is 0.677. The molecule has 1 amide bonds. The maximum Gasteiger partial charge on any atom is 0.331 e. The van der Waals surface area contributed by atoms with Crippen LogP contribution in [0.5, 0.6) is 0 Å². The zero-order chi connectivity index (χ0) is 16.7. The van der Waals surface area contributed by atoms with Crippen LogP contribution in [-0.2, 0) is 14.3 Å². The fourth-order valence-corrected chi connectivity index (χ4v) is 1.68. The molecule has 1 atom stereocenters. The van der Waals surface area contributed by atoms with Gasteiger partial charge in [-0.3, -0.25) is 4.79 Å². The number of amides is 1. The van der Waals surface area contributed by atoms with Crippen LogP contribution in [0.4, 0.5) is 5.69 Å². The minimum absolute atomic E-state index is 0.463. The molecule has 0 saturated carbocycles. The van der Waals surface area contributed by atoms with Gasteiger partial charge in [0.1, 0.15) is 5.76 Å². The van der Waals surface area contributed by atoms with E-state index in [-0.39, 0.29) is 0 Å². The number of nitrogens with zero attached hydrogens (tertiary/aromatic N) is 1. The lowest BCUT2D eigenvalue weighted by Crippen LogP contribution is -2.29. The summed E-state index contributed by atoms with van der Waals surface area (Å²) in [5, 5.41) is 11.3. The van der Waals surface area contributed by atoms with Crippen molar-refractivity contribution in [2.24, 2.45) is 0 Å². The van der Waals surface area contributed by atoms with Gasteiger partial charge in [-0.15, -0.1) is 0 Å². The van der Waals surface area contributed by atoms with E-state index in [1.165, 1.54) is 25.3 Å². The van der Waals surface area contributed by atoms with Crippen LogP contribution in [0, 0.1) is 11.3 Å². The largest absolute Gasteiger partial charge is 0.465 e. The van der Waals surface area contributed by atoms with E-state index in [0.717, 1.165) is 0 Å². The van der Waals surface area contributed by atoms with Crippen molar-refractivity contribution in [2.75, 3.05) is 5.32 Å². The molecule has 0 aliphatic rings. The SMILES string of the molecule is C[C@H](OC(=O)/C=C/c1ccco1)C(=O)Nc1ccc(C#N)cc1. The Balaban J connectivity index is 1.86. The number of esters is 1. The van der Waals surface area contributed by atoms with Crippen molar-refractivity contribution < 1.29 is 18.7 Å². The molecule has 2 aromatic rings. The van der Waals surface area contributed by atoms with E-state index in [2.05, 4.69) is 5.32 Å². The summed E-state index contributed by atoms with van der Waals surface area (Å²) in [5.74, 6) is -0.602. The number of hydrogen-bond acceptors (Lipinski definition) is 5. The predicted octanol–water partition coefficient (Wildman–Crippen LogP) is 2.73. The molecule has 0 unspecified atom stereocenters. The van der Waals surface area contributed by atoms with Crippen LogP contribution < -0.4 is 5.32 Å². The van der Waals surface area contributed by atoms with E-state index in [1.807, 2.05) is 6.07 Å². The average Bonchev–Trinajstić information content (AvgIpc) is 3.07. The third kappa shape index (κ3) is 4.86. The summed E-state index contributed by atoms with van der Waals surface area (Å²) in [4.78, 5) is 23.6. The third-order valence-electron chi connectivity index (χ3n) is 2.87. The van der Waals surface area contributed by atoms with Crippen molar-refractivity contribution in [3.05, 3.63) is 60.1 Å². The number of hydrogen-bond donors (Lipinski definition) is 1. The summed E-state index contributed by atoms with van der Waals surface area (Å²) in [5.41, 5.74) is 1.01. The Morgan fingerprint density at radius 3 is 2.65 bits per heavy atom. The lowest BCUT2D eigenvalue weighted by molar-refractivity contribution is -0.148. The molecule has 116 valence electrons. The van der Waals surface area contributed by atoms with E-state index >= 15 is 0 Å². The third-order valence-corrected chi connectivity index (χ3v) is 2.87. The monoisotopic (exact) mass is 310 g/mol. The number of carbonyl (C=O) groups excluding carboxylic acids is 2. The summed E-state index contributed by atoms with van der Waals surface area (Å²) < 4.78 is 10.0. The molecule has 6 nitrogen and oxygen atoms in total. The average molecular weight is 310 g/mol. The number of nitrogens with one attached hydrogen (secondary N) is 1. The first kappa shape index (κ1) is 16.0. The second-order valence-electron chi connectivity index (χ2n) is 4.61. The first-order chi connectivity index (χ1) is 11.1. The Bertz CT molecular complexity index is 740. The van der Waals surface area contributed by atoms with Gasteiger partial charge >= 0.3 is 5.97 Å². The second-order valence-corrected chi connectivity index (χ2v) is 4.61. The fraction of sp³-hybridized carbons (Fsp3) is 0.118. The number of ether oxygens (including phenoxy) is 1. The molecule has 0 saturated heterocycles. The minimum atomic E-state index is -0.959. The lowest BCUT2D eigenvalue weighted by atomic mass is 10.2. The van der Waals surface area contributed by atoms with Gasteiger partial charge in [0.15, 0.2) is 6.10 Å². The number of rotatable bonds is 5. The molecule has 1 aromatic carbocycles. The van der Waals surface area contributed by atoms with Gasteiger partial charge in [-0.05, 0) is 49.4 Å². The van der Waals surface area contributed by atoms with Gasteiger partial charge < -0.3 is 14.5 Å². The first-order valence-electron chi connectivity index (χ1n) is 6.81. The highest BCUT2D eigenvalue weighted by atomic mass is 16.5. The molecular weight excluding hydrogens is 296 g/mol. The number of carbonyl (C=O) groups is 2. The lowest BCUT2D eigenvalue weighted by Gasteiger charge is -2.12. The summed E-state index contributed by atoms with van der Waals surface area (Å²) in [6.45, 7) is 1.47. The molecule has 1 aromatic heterocycles. The van der Waals surface area contributed by atoms with Gasteiger partial charge in [0.05, 0.1) is 17.9 Å². The number of nitriles is 1. The Kier molecular flexibility index (Phi) is 5.31. The van der Waals surface area contributed by atoms with Gasteiger partial charge in [-0.1, -0.05) is 0 Å². The van der Waals surface area contributed by atoms with Gasteiger partial charge in [0.25, 0.3) is 5.91 Å². The van der Waals surface area contributed by atoms with Crippen LogP contribution in [-0.4, -0.2) is 18.0 Å². The van der Waals surface area contributed by atoms with Crippen molar-refractivity contribution in [2.45, 2.75) is 13.0 Å². The highest BCUT2D eigenvalue weighted by Gasteiger charge is 2.16. The van der Waals surface area contributed by atoms with Crippen molar-refractivity contribution >= 4 is 23.6 Å². The number of furan rings is 1. The molecule has 0 spiro atoms. The fourth-order valence-electron chi connectivity index (χ4n) is 1.68. The minimum Gasteiger partial charge on any atom is -0.465 e. The molecule has 0 bridgehead atoms. The van der Waals surface area contributed by atoms with Crippen LogP contribution in [0.2, 0.25) is 0 Å². The predicted molar refractivity (Wildman–Crippen MR) is 83.1 cm³/mol. The van der Waals surface area contributed by atoms with Crippen molar-refractivity contribution in [1.82, 2.24) is 0 Å².